The first-order valence-electron chi connectivity index (χ1n) is 27.2. The molecule has 1 unspecified atom stereocenters. The zero-order valence-electron chi connectivity index (χ0n) is 42.9. The molecule has 0 radical (unpaired) electrons. The highest BCUT2D eigenvalue weighted by Crippen LogP contribution is 2.16. The lowest BCUT2D eigenvalue weighted by Gasteiger charge is -2.18. The van der Waals surface area contributed by atoms with E-state index in [1.807, 2.05) is 6.08 Å². The van der Waals surface area contributed by atoms with Gasteiger partial charge in [0, 0.05) is 12.8 Å². The van der Waals surface area contributed by atoms with Gasteiger partial charge in [0.25, 0.3) is 0 Å². The molecule has 0 aromatic carbocycles. The molecule has 0 aliphatic carbocycles. The van der Waals surface area contributed by atoms with E-state index in [2.05, 4.69) is 106 Å². The minimum Gasteiger partial charge on any atom is -0.462 e. The van der Waals surface area contributed by atoms with Crippen LogP contribution in [0.25, 0.3) is 0 Å². The second-order valence-corrected chi connectivity index (χ2v) is 17.8. The molecule has 0 aromatic heterocycles. The normalized spacial score (nSPS) is 12.8. The number of allylic oxidation sites excluding steroid dienone is 15. The van der Waals surface area contributed by atoms with Crippen molar-refractivity contribution in [3.05, 3.63) is 97.2 Å². The Kier molecular flexibility index (Phi) is 50.9. The van der Waals surface area contributed by atoms with Gasteiger partial charge in [0.15, 0.2) is 6.10 Å². The molecule has 0 heterocycles. The first-order valence-corrected chi connectivity index (χ1v) is 27.2. The summed E-state index contributed by atoms with van der Waals surface area (Å²) in [5, 5.41) is 0. The van der Waals surface area contributed by atoms with Crippen molar-refractivity contribution in [3.8, 4) is 0 Å². The second-order valence-electron chi connectivity index (χ2n) is 17.8. The van der Waals surface area contributed by atoms with Crippen molar-refractivity contribution in [2.75, 3.05) is 13.2 Å². The van der Waals surface area contributed by atoms with Gasteiger partial charge in [-0.1, -0.05) is 246 Å². The highest BCUT2D eigenvalue weighted by atomic mass is 16.6. The minimum absolute atomic E-state index is 0.0896. The average Bonchev–Trinajstić information content (AvgIpc) is 3.31. The first-order chi connectivity index (χ1) is 32.5. The van der Waals surface area contributed by atoms with Crippen molar-refractivity contribution in [3.63, 3.8) is 0 Å². The lowest BCUT2D eigenvalue weighted by Crippen LogP contribution is -2.30. The monoisotopic (exact) mass is 917 g/mol. The topological polar surface area (TPSA) is 78.9 Å². The van der Waals surface area contributed by atoms with Gasteiger partial charge in [-0.3, -0.25) is 14.4 Å². The predicted molar refractivity (Wildman–Crippen MR) is 284 cm³/mol. The van der Waals surface area contributed by atoms with E-state index in [-0.39, 0.29) is 31.6 Å². The fraction of sp³-hybridized carbons (Fsp3) is 0.683. The van der Waals surface area contributed by atoms with Crippen molar-refractivity contribution in [2.24, 2.45) is 0 Å². The molecule has 0 spiro atoms. The van der Waals surface area contributed by atoms with Crippen LogP contribution in [0.15, 0.2) is 97.2 Å². The van der Waals surface area contributed by atoms with E-state index in [1.54, 1.807) is 6.08 Å². The lowest BCUT2D eigenvalue weighted by atomic mass is 10.0. The molecule has 0 bridgehead atoms. The third-order valence-corrected chi connectivity index (χ3v) is 11.4. The molecule has 0 amide bonds. The molecule has 66 heavy (non-hydrogen) atoms. The number of esters is 3. The van der Waals surface area contributed by atoms with E-state index in [0.29, 0.717) is 19.3 Å². The average molecular weight is 917 g/mol. The summed E-state index contributed by atoms with van der Waals surface area (Å²) in [7, 11) is 0. The van der Waals surface area contributed by atoms with Crippen LogP contribution in [-0.2, 0) is 28.6 Å². The van der Waals surface area contributed by atoms with Crippen molar-refractivity contribution in [1.82, 2.24) is 0 Å². The Hall–Kier alpha value is -3.67. The third-order valence-electron chi connectivity index (χ3n) is 11.4. The Morgan fingerprint density at radius 1 is 0.333 bits per heavy atom. The number of carbonyl (C=O) groups is 3. The molecule has 376 valence electrons. The van der Waals surface area contributed by atoms with Gasteiger partial charge in [0.1, 0.15) is 13.2 Å². The quantitative estimate of drug-likeness (QED) is 0.0262. The molecular weight excluding hydrogens is 817 g/mol. The smallest absolute Gasteiger partial charge is 0.310 e. The molecule has 0 aromatic rings. The number of hydrogen-bond acceptors (Lipinski definition) is 6. The highest BCUT2D eigenvalue weighted by molar-refractivity contribution is 5.72. The molecule has 0 aliphatic heterocycles. The van der Waals surface area contributed by atoms with Gasteiger partial charge in [-0.2, -0.15) is 0 Å². The molecule has 0 N–H and O–H groups in total. The van der Waals surface area contributed by atoms with Crippen LogP contribution < -0.4 is 0 Å². The maximum absolute atomic E-state index is 12.7. The Balaban J connectivity index is 4.46. The summed E-state index contributed by atoms with van der Waals surface area (Å²) in [6, 6.07) is 0. The van der Waals surface area contributed by atoms with Gasteiger partial charge >= 0.3 is 17.9 Å². The number of rotatable bonds is 48. The Labute approximate surface area is 407 Å². The van der Waals surface area contributed by atoms with Crippen LogP contribution in [0.4, 0.5) is 0 Å². The van der Waals surface area contributed by atoms with Crippen LogP contribution >= 0.6 is 0 Å². The van der Waals surface area contributed by atoms with E-state index in [4.69, 9.17) is 14.2 Å². The molecular formula is C60H100O6. The van der Waals surface area contributed by atoms with E-state index < -0.39 is 12.1 Å². The van der Waals surface area contributed by atoms with Crippen LogP contribution in [0, 0.1) is 0 Å². The number of carbonyl (C=O) groups excluding carboxylic acids is 3. The van der Waals surface area contributed by atoms with Gasteiger partial charge in [-0.25, -0.2) is 0 Å². The maximum Gasteiger partial charge on any atom is 0.310 e. The fourth-order valence-corrected chi connectivity index (χ4v) is 7.36. The summed E-state index contributed by atoms with van der Waals surface area (Å²) >= 11 is 0. The molecule has 0 saturated carbocycles. The maximum atomic E-state index is 12.7. The summed E-state index contributed by atoms with van der Waals surface area (Å²) in [4.78, 5) is 38.0. The summed E-state index contributed by atoms with van der Waals surface area (Å²) in [6.45, 7) is 6.31. The SMILES string of the molecule is CC/C=C\C/C=C\C/C=C\C/C=C\C/C=C\CC(=O)OC(COC(=O)CCCCC/C=C\C/C=C\C/C=C\CC)COC(=O)CCCCCCCCCCCCCCCCCCCCCC. The summed E-state index contributed by atoms with van der Waals surface area (Å²) < 4.78 is 16.7. The van der Waals surface area contributed by atoms with Crippen LogP contribution in [0.1, 0.15) is 245 Å². The standard InChI is InChI=1S/C60H100O6/c1-4-7-10-13-16-19-22-25-27-28-29-30-31-33-35-38-41-44-47-50-53-59(62)65-56-57(55-64-58(61)52-49-46-43-40-37-34-24-21-18-15-12-9-6-3)66-60(63)54-51-48-45-42-39-36-32-26-23-20-17-14-11-8-5-2/h8-9,11-12,17-18,20-21,26,32,34,37,39,42,48,51,57H,4-7,10,13-16,19,22-25,27-31,33,35-36,38,40-41,43-47,49-50,52-56H2,1-3H3/b11-8-,12-9-,20-17-,21-18-,32-26-,37-34-,42-39-,51-48-. The number of ether oxygens (including phenoxy) is 3. The van der Waals surface area contributed by atoms with E-state index in [1.165, 1.54) is 109 Å². The van der Waals surface area contributed by atoms with E-state index in [9.17, 15) is 14.4 Å². The van der Waals surface area contributed by atoms with Gasteiger partial charge < -0.3 is 14.2 Å². The van der Waals surface area contributed by atoms with Crippen molar-refractivity contribution >= 4 is 17.9 Å². The molecule has 1 atom stereocenters. The van der Waals surface area contributed by atoms with Crippen LogP contribution in [0.3, 0.4) is 0 Å². The molecule has 6 nitrogen and oxygen atoms in total. The van der Waals surface area contributed by atoms with E-state index >= 15 is 0 Å². The Bertz CT molecular complexity index is 1330. The highest BCUT2D eigenvalue weighted by Gasteiger charge is 2.19. The van der Waals surface area contributed by atoms with Crippen molar-refractivity contribution in [1.29, 1.82) is 0 Å². The number of unbranched alkanes of at least 4 members (excludes halogenated alkanes) is 22. The first kappa shape index (κ1) is 62.3. The predicted octanol–water partition coefficient (Wildman–Crippen LogP) is 18.1. The van der Waals surface area contributed by atoms with Gasteiger partial charge in [0.05, 0.1) is 6.42 Å². The van der Waals surface area contributed by atoms with Crippen LogP contribution in [0.2, 0.25) is 0 Å². The molecule has 0 fully saturated rings. The van der Waals surface area contributed by atoms with Crippen molar-refractivity contribution < 1.29 is 28.6 Å². The summed E-state index contributed by atoms with van der Waals surface area (Å²) in [5.41, 5.74) is 0. The second kappa shape index (κ2) is 53.9. The van der Waals surface area contributed by atoms with Crippen molar-refractivity contribution in [2.45, 2.75) is 252 Å². The van der Waals surface area contributed by atoms with Gasteiger partial charge in [0.2, 0.25) is 0 Å². The Morgan fingerprint density at radius 2 is 0.636 bits per heavy atom. The van der Waals surface area contributed by atoms with Crippen LogP contribution in [-0.4, -0.2) is 37.2 Å². The summed E-state index contributed by atoms with van der Waals surface area (Å²) in [5.74, 6) is -1.08. The van der Waals surface area contributed by atoms with Crippen LogP contribution in [0.5, 0.6) is 0 Å². The Morgan fingerprint density at radius 3 is 1.00 bits per heavy atom. The lowest BCUT2D eigenvalue weighted by molar-refractivity contribution is -0.166. The molecule has 0 saturated heterocycles. The van der Waals surface area contributed by atoms with Gasteiger partial charge in [-0.05, 0) is 77.0 Å². The molecule has 6 heteroatoms. The summed E-state index contributed by atoms with van der Waals surface area (Å²) in [6.07, 6.45) is 71.5. The third kappa shape index (κ3) is 51.3. The molecule has 0 aliphatic rings. The zero-order valence-corrected chi connectivity index (χ0v) is 42.9. The zero-order chi connectivity index (χ0) is 47.9. The fourth-order valence-electron chi connectivity index (χ4n) is 7.36. The minimum atomic E-state index is -0.843. The largest absolute Gasteiger partial charge is 0.462 e. The molecule has 0 rings (SSSR count). The van der Waals surface area contributed by atoms with E-state index in [0.717, 1.165) is 89.9 Å². The van der Waals surface area contributed by atoms with Gasteiger partial charge in [-0.15, -0.1) is 0 Å². The number of hydrogen-bond donors (Lipinski definition) is 0.